The summed E-state index contributed by atoms with van der Waals surface area (Å²) >= 11 is 0. The number of carbonyl (C=O) groups excluding carboxylic acids is 2. The molecule has 1 atom stereocenters. The highest BCUT2D eigenvalue weighted by Gasteiger charge is 2.46. The molecule has 29 heavy (non-hydrogen) atoms. The zero-order valence-corrected chi connectivity index (χ0v) is 15.6. The smallest absolute Gasteiger partial charge is 0.296 e. The molecular weight excluding hydrogens is 372 g/mol. The van der Waals surface area contributed by atoms with Gasteiger partial charge in [-0.3, -0.25) is 14.6 Å². The van der Waals surface area contributed by atoms with Crippen LogP contribution < -0.4 is 4.74 Å². The van der Waals surface area contributed by atoms with Gasteiger partial charge in [0.25, 0.3) is 11.7 Å². The summed E-state index contributed by atoms with van der Waals surface area (Å²) in [4.78, 5) is 31.1. The SMILES string of the molecule is COc1cccc(/C(O)=C2/C(=O)C(=O)N(Cc3ccco3)C2c2ccncc2)c1. The molecule has 1 N–H and O–H groups in total. The van der Waals surface area contributed by atoms with Crippen LogP contribution in [0.3, 0.4) is 0 Å². The molecule has 1 amide bonds. The Hall–Kier alpha value is -3.87. The van der Waals surface area contributed by atoms with Crippen molar-refractivity contribution in [2.75, 3.05) is 7.11 Å². The van der Waals surface area contributed by atoms with E-state index >= 15 is 0 Å². The van der Waals surface area contributed by atoms with Gasteiger partial charge in [0, 0.05) is 18.0 Å². The number of aliphatic hydroxyl groups excluding tert-OH is 1. The molecule has 1 aromatic carbocycles. The summed E-state index contributed by atoms with van der Waals surface area (Å²) < 4.78 is 10.6. The molecule has 0 bridgehead atoms. The monoisotopic (exact) mass is 390 g/mol. The zero-order valence-electron chi connectivity index (χ0n) is 15.6. The second-order valence-electron chi connectivity index (χ2n) is 6.52. The van der Waals surface area contributed by atoms with E-state index in [-0.39, 0.29) is 17.9 Å². The Bertz CT molecular complexity index is 1070. The standard InChI is InChI=1S/C22H18N2O5/c1-28-16-5-2-4-15(12-16)20(25)18-19(14-7-9-23-10-8-14)24(22(27)21(18)26)13-17-6-3-11-29-17/h2-12,19,25H,13H2,1H3/b20-18-. The molecule has 7 nitrogen and oxygen atoms in total. The van der Waals surface area contributed by atoms with Crippen LogP contribution in [-0.4, -0.2) is 33.8 Å². The Morgan fingerprint density at radius 3 is 2.66 bits per heavy atom. The molecule has 2 aromatic heterocycles. The van der Waals surface area contributed by atoms with Gasteiger partial charge in [0.05, 0.1) is 31.5 Å². The number of aliphatic hydroxyl groups is 1. The zero-order chi connectivity index (χ0) is 20.4. The quantitative estimate of drug-likeness (QED) is 0.408. The van der Waals surface area contributed by atoms with E-state index in [1.54, 1.807) is 60.9 Å². The van der Waals surface area contributed by atoms with E-state index in [1.165, 1.54) is 18.3 Å². The van der Waals surface area contributed by atoms with E-state index in [0.717, 1.165) is 0 Å². The number of hydrogen-bond donors (Lipinski definition) is 1. The molecule has 3 aromatic rings. The summed E-state index contributed by atoms with van der Waals surface area (Å²) in [6.07, 6.45) is 4.66. The lowest BCUT2D eigenvalue weighted by atomic mass is 9.96. The Labute approximate surface area is 166 Å². The van der Waals surface area contributed by atoms with Crippen molar-refractivity contribution in [1.82, 2.24) is 9.88 Å². The van der Waals surface area contributed by atoms with Crippen molar-refractivity contribution in [1.29, 1.82) is 0 Å². The summed E-state index contributed by atoms with van der Waals surface area (Å²) in [5.74, 6) is -0.649. The number of carbonyl (C=O) groups is 2. The lowest BCUT2D eigenvalue weighted by Gasteiger charge is -2.24. The first-order valence-corrected chi connectivity index (χ1v) is 8.95. The molecular formula is C22H18N2O5. The number of methoxy groups -OCH3 is 1. The van der Waals surface area contributed by atoms with E-state index < -0.39 is 17.7 Å². The van der Waals surface area contributed by atoms with Crippen LogP contribution in [0.4, 0.5) is 0 Å². The summed E-state index contributed by atoms with van der Waals surface area (Å²) in [7, 11) is 1.51. The van der Waals surface area contributed by atoms with Crippen molar-refractivity contribution in [2.45, 2.75) is 12.6 Å². The van der Waals surface area contributed by atoms with Gasteiger partial charge in [-0.25, -0.2) is 0 Å². The van der Waals surface area contributed by atoms with Crippen LogP contribution in [0, 0.1) is 0 Å². The third kappa shape index (κ3) is 3.38. The topological polar surface area (TPSA) is 92.9 Å². The number of rotatable bonds is 5. The Kier molecular flexibility index (Phi) is 4.87. The summed E-state index contributed by atoms with van der Waals surface area (Å²) in [5.41, 5.74) is 1.07. The van der Waals surface area contributed by atoms with Crippen LogP contribution in [0.5, 0.6) is 5.75 Å². The fourth-order valence-corrected chi connectivity index (χ4v) is 3.43. The van der Waals surface area contributed by atoms with Crippen LogP contribution in [0.15, 0.2) is 77.2 Å². The third-order valence-electron chi connectivity index (χ3n) is 4.81. The van der Waals surface area contributed by atoms with Crippen molar-refractivity contribution >= 4 is 17.4 Å². The van der Waals surface area contributed by atoms with Gasteiger partial charge in [-0.15, -0.1) is 0 Å². The number of ketones is 1. The predicted octanol–water partition coefficient (Wildman–Crippen LogP) is 3.31. The maximum atomic E-state index is 12.9. The number of furan rings is 1. The lowest BCUT2D eigenvalue weighted by Crippen LogP contribution is -2.29. The van der Waals surface area contributed by atoms with Crippen molar-refractivity contribution in [2.24, 2.45) is 0 Å². The maximum absolute atomic E-state index is 12.9. The molecule has 0 radical (unpaired) electrons. The van der Waals surface area contributed by atoms with E-state index in [9.17, 15) is 14.7 Å². The minimum absolute atomic E-state index is 0.0148. The van der Waals surface area contributed by atoms with Crippen molar-refractivity contribution in [3.8, 4) is 5.75 Å². The minimum Gasteiger partial charge on any atom is -0.507 e. The Balaban J connectivity index is 1.86. The maximum Gasteiger partial charge on any atom is 0.296 e. The minimum atomic E-state index is -0.769. The summed E-state index contributed by atoms with van der Waals surface area (Å²) in [6, 6.07) is 12.8. The van der Waals surface area contributed by atoms with E-state index in [1.807, 2.05) is 0 Å². The van der Waals surface area contributed by atoms with Crippen molar-refractivity contribution in [3.63, 3.8) is 0 Å². The molecule has 0 spiro atoms. The van der Waals surface area contributed by atoms with Crippen molar-refractivity contribution < 1.29 is 23.8 Å². The average molecular weight is 390 g/mol. The molecule has 1 saturated heterocycles. The molecule has 1 aliphatic rings. The van der Waals surface area contributed by atoms with Gasteiger partial charge in [-0.05, 0) is 42.0 Å². The molecule has 146 valence electrons. The second kappa shape index (κ2) is 7.63. The third-order valence-corrected chi connectivity index (χ3v) is 4.81. The number of aromatic nitrogens is 1. The molecule has 1 unspecified atom stereocenters. The molecule has 1 fully saturated rings. The molecule has 1 aliphatic heterocycles. The fraction of sp³-hybridized carbons (Fsp3) is 0.136. The number of ether oxygens (including phenoxy) is 1. The Morgan fingerprint density at radius 1 is 1.17 bits per heavy atom. The van der Waals surface area contributed by atoms with Crippen LogP contribution in [-0.2, 0) is 16.1 Å². The van der Waals surface area contributed by atoms with Gasteiger partial charge in [0.1, 0.15) is 17.3 Å². The van der Waals surface area contributed by atoms with Gasteiger partial charge in [-0.1, -0.05) is 12.1 Å². The summed E-state index contributed by atoms with van der Waals surface area (Å²) in [5, 5.41) is 11.0. The van der Waals surface area contributed by atoms with Gasteiger partial charge >= 0.3 is 0 Å². The van der Waals surface area contributed by atoms with Crippen molar-refractivity contribution in [3.05, 3.63) is 89.6 Å². The number of Topliss-reactive ketones (excluding diaryl/α,β-unsaturated/α-hetero) is 1. The number of amides is 1. The number of pyridine rings is 1. The van der Waals surface area contributed by atoms with Crippen LogP contribution >= 0.6 is 0 Å². The summed E-state index contributed by atoms with van der Waals surface area (Å²) in [6.45, 7) is 0.0967. The normalized spacial score (nSPS) is 18.2. The second-order valence-corrected chi connectivity index (χ2v) is 6.52. The van der Waals surface area contributed by atoms with E-state index in [4.69, 9.17) is 9.15 Å². The largest absolute Gasteiger partial charge is 0.507 e. The molecule has 0 saturated carbocycles. The number of nitrogens with zero attached hydrogens (tertiary/aromatic N) is 2. The predicted molar refractivity (Wildman–Crippen MR) is 104 cm³/mol. The van der Waals surface area contributed by atoms with Gasteiger partial charge in [0.15, 0.2) is 0 Å². The van der Waals surface area contributed by atoms with Crippen LogP contribution in [0.1, 0.15) is 22.9 Å². The van der Waals surface area contributed by atoms with Gasteiger partial charge in [-0.2, -0.15) is 0 Å². The van der Waals surface area contributed by atoms with E-state index in [2.05, 4.69) is 4.98 Å². The van der Waals surface area contributed by atoms with Crippen LogP contribution in [0.2, 0.25) is 0 Å². The Morgan fingerprint density at radius 2 is 1.97 bits per heavy atom. The highest BCUT2D eigenvalue weighted by Crippen LogP contribution is 2.40. The first kappa shape index (κ1) is 18.5. The number of hydrogen-bond acceptors (Lipinski definition) is 6. The molecule has 4 rings (SSSR count). The van der Waals surface area contributed by atoms with Gasteiger partial charge < -0.3 is 19.2 Å². The lowest BCUT2D eigenvalue weighted by molar-refractivity contribution is -0.140. The average Bonchev–Trinajstić information content (AvgIpc) is 3.36. The molecule has 3 heterocycles. The first-order valence-electron chi connectivity index (χ1n) is 8.95. The number of benzene rings is 1. The first-order chi connectivity index (χ1) is 14.1. The van der Waals surface area contributed by atoms with Gasteiger partial charge in [0.2, 0.25) is 0 Å². The van der Waals surface area contributed by atoms with Crippen LogP contribution in [0.25, 0.3) is 5.76 Å². The highest BCUT2D eigenvalue weighted by molar-refractivity contribution is 6.46. The van der Waals surface area contributed by atoms with E-state index in [0.29, 0.717) is 22.6 Å². The highest BCUT2D eigenvalue weighted by atomic mass is 16.5. The number of likely N-dealkylation sites (tertiary alicyclic amines) is 1. The molecule has 7 heteroatoms. The molecule has 0 aliphatic carbocycles. The fourth-order valence-electron chi connectivity index (χ4n) is 3.43.